The number of nitro benzene ring substituents is 1. The van der Waals surface area contributed by atoms with Crippen molar-refractivity contribution in [2.75, 3.05) is 25.5 Å². The second-order valence-electron chi connectivity index (χ2n) is 7.86. The third-order valence-electron chi connectivity index (χ3n) is 5.47. The number of anilines is 1. The van der Waals surface area contributed by atoms with Crippen molar-refractivity contribution >= 4 is 48.3 Å². The summed E-state index contributed by atoms with van der Waals surface area (Å²) in [6.45, 7) is 3.02. The van der Waals surface area contributed by atoms with Crippen molar-refractivity contribution in [2.24, 2.45) is 5.92 Å². The average Bonchev–Trinajstić information content (AvgIpc) is 3.20. The SMILES string of the molecule is COc1cc([N+](=O)[O-])cc2sc(NC(=O)c3ccc(S(=O)(=O)N4CCCC(C)C4)cc3)nc12. The number of aromatic nitrogens is 1. The Bertz CT molecular complexity index is 1320. The Labute approximate surface area is 194 Å². The van der Waals surface area contributed by atoms with Gasteiger partial charge < -0.3 is 4.74 Å². The number of nitro groups is 1. The molecule has 12 heteroatoms. The summed E-state index contributed by atoms with van der Waals surface area (Å²) in [4.78, 5) is 27.7. The number of nitrogens with one attached hydrogen (secondary N) is 1. The Morgan fingerprint density at radius 1 is 1.30 bits per heavy atom. The van der Waals surface area contributed by atoms with E-state index in [4.69, 9.17) is 4.74 Å². The molecular weight excluding hydrogens is 468 g/mol. The van der Waals surface area contributed by atoms with Crippen molar-refractivity contribution in [2.45, 2.75) is 24.7 Å². The van der Waals surface area contributed by atoms with Gasteiger partial charge >= 0.3 is 0 Å². The van der Waals surface area contributed by atoms with Crippen molar-refractivity contribution in [1.82, 2.24) is 9.29 Å². The fourth-order valence-electron chi connectivity index (χ4n) is 3.76. The third-order valence-corrected chi connectivity index (χ3v) is 8.27. The zero-order valence-electron chi connectivity index (χ0n) is 18.0. The molecule has 1 aromatic heterocycles. The van der Waals surface area contributed by atoms with E-state index < -0.39 is 20.9 Å². The molecule has 1 atom stereocenters. The monoisotopic (exact) mass is 490 g/mol. The molecule has 1 fully saturated rings. The number of rotatable bonds is 6. The number of thiazole rings is 1. The number of benzene rings is 2. The predicted molar refractivity (Wildman–Crippen MR) is 124 cm³/mol. The van der Waals surface area contributed by atoms with Crippen molar-refractivity contribution in [3.05, 3.63) is 52.1 Å². The number of hydrogen-bond acceptors (Lipinski definition) is 8. The molecule has 0 radical (unpaired) electrons. The van der Waals surface area contributed by atoms with Gasteiger partial charge in [-0.15, -0.1) is 0 Å². The highest BCUT2D eigenvalue weighted by Gasteiger charge is 2.28. The van der Waals surface area contributed by atoms with Gasteiger partial charge in [0.15, 0.2) is 10.9 Å². The van der Waals surface area contributed by atoms with E-state index >= 15 is 0 Å². The summed E-state index contributed by atoms with van der Waals surface area (Å²) in [7, 11) is -2.22. The van der Waals surface area contributed by atoms with Crippen LogP contribution < -0.4 is 10.1 Å². The molecule has 0 aliphatic carbocycles. The zero-order chi connectivity index (χ0) is 23.8. The highest BCUT2D eigenvalue weighted by atomic mass is 32.2. The normalized spacial score (nSPS) is 17.1. The molecule has 33 heavy (non-hydrogen) atoms. The molecule has 0 saturated carbocycles. The number of methoxy groups -OCH3 is 1. The fraction of sp³-hybridized carbons (Fsp3) is 0.333. The standard InChI is InChI=1S/C21H22N4O6S2/c1-13-4-3-9-24(12-13)33(29,30)16-7-5-14(6-8-16)20(26)23-21-22-19-17(31-2)10-15(25(27)28)11-18(19)32-21/h5-8,10-11,13H,3-4,9,12H2,1-2H3,(H,22,23,26). The van der Waals surface area contributed by atoms with E-state index in [0.29, 0.717) is 29.2 Å². The summed E-state index contributed by atoms with van der Waals surface area (Å²) in [5, 5.41) is 14.0. The molecule has 2 aromatic carbocycles. The summed E-state index contributed by atoms with van der Waals surface area (Å²) < 4.78 is 33.0. The van der Waals surface area contributed by atoms with E-state index in [1.165, 1.54) is 47.8 Å². The van der Waals surface area contributed by atoms with Crippen LogP contribution >= 0.6 is 11.3 Å². The molecule has 1 N–H and O–H groups in total. The summed E-state index contributed by atoms with van der Waals surface area (Å²) in [5.41, 5.74) is 0.527. The number of hydrogen-bond donors (Lipinski definition) is 1. The lowest BCUT2D eigenvalue weighted by molar-refractivity contribution is -0.384. The van der Waals surface area contributed by atoms with Crippen LogP contribution in [0.5, 0.6) is 5.75 Å². The summed E-state index contributed by atoms with van der Waals surface area (Å²) >= 11 is 1.08. The number of sulfonamides is 1. The van der Waals surface area contributed by atoms with E-state index in [1.807, 2.05) is 6.92 Å². The molecule has 1 amide bonds. The second kappa shape index (κ2) is 9.04. The second-order valence-corrected chi connectivity index (χ2v) is 10.8. The quantitative estimate of drug-likeness (QED) is 0.409. The summed E-state index contributed by atoms with van der Waals surface area (Å²) in [6, 6.07) is 8.40. The molecule has 1 unspecified atom stereocenters. The highest BCUT2D eigenvalue weighted by Crippen LogP contribution is 2.36. The van der Waals surface area contributed by atoms with Gasteiger partial charge in [-0.1, -0.05) is 18.3 Å². The van der Waals surface area contributed by atoms with Crippen LogP contribution in [0.25, 0.3) is 10.2 Å². The number of carbonyl (C=O) groups is 1. The number of carbonyl (C=O) groups excluding carboxylic acids is 1. The lowest BCUT2D eigenvalue weighted by Gasteiger charge is -2.30. The smallest absolute Gasteiger partial charge is 0.274 e. The molecule has 1 saturated heterocycles. The van der Waals surface area contributed by atoms with E-state index in [-0.39, 0.29) is 27.0 Å². The Morgan fingerprint density at radius 2 is 2.03 bits per heavy atom. The summed E-state index contributed by atoms with van der Waals surface area (Å²) in [5.74, 6) is 0.0723. The largest absolute Gasteiger partial charge is 0.494 e. The van der Waals surface area contributed by atoms with Crippen LogP contribution in [0.4, 0.5) is 10.8 Å². The van der Waals surface area contributed by atoms with E-state index in [0.717, 1.165) is 24.2 Å². The first-order chi connectivity index (χ1) is 15.7. The van der Waals surface area contributed by atoms with E-state index in [2.05, 4.69) is 10.3 Å². The van der Waals surface area contributed by atoms with Gasteiger partial charge in [-0.25, -0.2) is 13.4 Å². The first-order valence-electron chi connectivity index (χ1n) is 10.2. The Hall–Kier alpha value is -3.09. The van der Waals surface area contributed by atoms with Crippen LogP contribution in [0, 0.1) is 16.0 Å². The topological polar surface area (TPSA) is 132 Å². The average molecular weight is 491 g/mol. The number of ether oxygens (including phenoxy) is 1. The molecule has 1 aliphatic rings. The van der Waals surface area contributed by atoms with Gasteiger partial charge in [0, 0.05) is 24.7 Å². The maximum Gasteiger partial charge on any atom is 0.274 e. The number of nitrogens with zero attached hydrogens (tertiary/aromatic N) is 3. The van der Waals surface area contributed by atoms with Gasteiger partial charge in [0.25, 0.3) is 11.6 Å². The van der Waals surface area contributed by atoms with Crippen LogP contribution in [-0.2, 0) is 10.0 Å². The lowest BCUT2D eigenvalue weighted by atomic mass is 10.0. The van der Waals surface area contributed by atoms with Crippen LogP contribution in [0.15, 0.2) is 41.3 Å². The van der Waals surface area contributed by atoms with Gasteiger partial charge in [-0.2, -0.15) is 4.31 Å². The lowest BCUT2D eigenvalue weighted by Crippen LogP contribution is -2.39. The minimum atomic E-state index is -3.61. The molecule has 4 rings (SSSR count). The minimum Gasteiger partial charge on any atom is -0.494 e. The van der Waals surface area contributed by atoms with Gasteiger partial charge in [0.1, 0.15) is 5.52 Å². The van der Waals surface area contributed by atoms with Crippen molar-refractivity contribution < 1.29 is 22.9 Å². The summed E-state index contributed by atoms with van der Waals surface area (Å²) in [6.07, 6.45) is 1.84. The predicted octanol–water partition coefficient (Wildman–Crippen LogP) is 3.89. The van der Waals surface area contributed by atoms with Crippen LogP contribution in [-0.4, -0.2) is 48.7 Å². The third kappa shape index (κ3) is 4.68. The van der Waals surface area contributed by atoms with E-state index in [1.54, 1.807) is 0 Å². The maximum atomic E-state index is 12.9. The number of fused-ring (bicyclic) bond motifs is 1. The van der Waals surface area contributed by atoms with Gasteiger partial charge in [0.05, 0.1) is 27.7 Å². The number of piperidine rings is 1. The molecule has 2 heterocycles. The fourth-order valence-corrected chi connectivity index (χ4v) is 6.27. The van der Waals surface area contributed by atoms with Crippen LogP contribution in [0.2, 0.25) is 0 Å². The van der Waals surface area contributed by atoms with Gasteiger partial charge in [-0.05, 0) is 43.0 Å². The molecule has 10 nitrogen and oxygen atoms in total. The van der Waals surface area contributed by atoms with E-state index in [9.17, 15) is 23.3 Å². The Balaban J connectivity index is 1.53. The van der Waals surface area contributed by atoms with Gasteiger partial charge in [0.2, 0.25) is 10.0 Å². The van der Waals surface area contributed by atoms with Crippen molar-refractivity contribution in [1.29, 1.82) is 0 Å². The highest BCUT2D eigenvalue weighted by molar-refractivity contribution is 7.89. The maximum absolute atomic E-state index is 12.9. The Kier molecular flexibility index (Phi) is 6.32. The van der Waals surface area contributed by atoms with Crippen molar-refractivity contribution in [3.63, 3.8) is 0 Å². The first kappa shape index (κ1) is 23.1. The van der Waals surface area contributed by atoms with Crippen LogP contribution in [0.3, 0.4) is 0 Å². The zero-order valence-corrected chi connectivity index (χ0v) is 19.6. The molecule has 174 valence electrons. The Morgan fingerprint density at radius 3 is 2.67 bits per heavy atom. The van der Waals surface area contributed by atoms with Gasteiger partial charge in [-0.3, -0.25) is 20.2 Å². The molecule has 0 bridgehead atoms. The van der Waals surface area contributed by atoms with Crippen molar-refractivity contribution in [3.8, 4) is 5.75 Å². The molecule has 0 spiro atoms. The molecule has 1 aliphatic heterocycles. The first-order valence-corrected chi connectivity index (χ1v) is 12.5. The molecular formula is C21H22N4O6S2. The minimum absolute atomic E-state index is 0.138. The van der Waals surface area contributed by atoms with Crippen LogP contribution in [0.1, 0.15) is 30.1 Å². The number of non-ortho nitro benzene ring substituents is 1. The molecule has 3 aromatic rings. The number of amides is 1.